The summed E-state index contributed by atoms with van der Waals surface area (Å²) in [4.78, 5) is 13.4. The van der Waals surface area contributed by atoms with Crippen molar-refractivity contribution < 1.29 is 89.4 Å². The Morgan fingerprint density at radius 3 is 1.13 bits per heavy atom. The van der Waals surface area contributed by atoms with E-state index in [4.69, 9.17) is 28.4 Å². The molecule has 3 heterocycles. The number of unbranched alkanes of at least 4 members (excludes halogenated alkanes) is 37. The van der Waals surface area contributed by atoms with E-state index in [1.54, 1.807) is 0 Å². The molecule has 0 spiro atoms. The summed E-state index contributed by atoms with van der Waals surface area (Å²) in [6.45, 7) is 1.78. The Balaban J connectivity index is 1.29. The zero-order valence-corrected chi connectivity index (χ0v) is 56.1. The lowest BCUT2D eigenvalue weighted by Gasteiger charge is -2.48. The number of hydrogen-bond donors (Lipinski definition) is 12. The highest BCUT2D eigenvalue weighted by atomic mass is 16.8. The number of aliphatic hydroxyl groups is 11. The minimum atomic E-state index is -1.97. The molecule has 0 radical (unpaired) electrons. The molecule has 0 aromatic rings. The predicted octanol–water partition coefficient (Wildman–Crippen LogP) is 10.2. The third-order valence-electron chi connectivity index (χ3n) is 18.5. The van der Waals surface area contributed by atoms with Gasteiger partial charge in [0.25, 0.3) is 0 Å². The number of rotatable bonds is 57. The van der Waals surface area contributed by atoms with E-state index in [-0.39, 0.29) is 18.9 Å². The van der Waals surface area contributed by atoms with Crippen LogP contribution >= 0.6 is 0 Å². The van der Waals surface area contributed by atoms with Crippen molar-refractivity contribution in [1.82, 2.24) is 5.32 Å². The van der Waals surface area contributed by atoms with E-state index in [0.29, 0.717) is 12.8 Å². The largest absolute Gasteiger partial charge is 0.394 e. The lowest BCUT2D eigenvalue weighted by Crippen LogP contribution is -2.66. The third-order valence-corrected chi connectivity index (χ3v) is 18.5. The van der Waals surface area contributed by atoms with Crippen molar-refractivity contribution in [1.29, 1.82) is 0 Å². The Labute approximate surface area is 543 Å². The van der Waals surface area contributed by atoms with Gasteiger partial charge >= 0.3 is 0 Å². The molecule has 0 aromatic carbocycles. The molecule has 3 fully saturated rings. The summed E-state index contributed by atoms with van der Waals surface area (Å²) in [5, 5.41) is 120. The molecule has 19 nitrogen and oxygen atoms in total. The average molecular weight is 1290 g/mol. The van der Waals surface area contributed by atoms with E-state index < -0.39 is 124 Å². The Hall–Kier alpha value is -1.73. The normalized spacial score (nSPS) is 28.1. The molecule has 17 unspecified atom stereocenters. The van der Waals surface area contributed by atoms with Gasteiger partial charge in [-0.05, 0) is 44.9 Å². The maximum absolute atomic E-state index is 13.4. The first-order valence-electron chi connectivity index (χ1n) is 36.6. The van der Waals surface area contributed by atoms with Crippen LogP contribution in [-0.2, 0) is 33.2 Å². The van der Waals surface area contributed by atoms with Crippen LogP contribution in [0.25, 0.3) is 0 Å². The van der Waals surface area contributed by atoms with Crippen LogP contribution in [0.5, 0.6) is 0 Å². The van der Waals surface area contributed by atoms with E-state index >= 15 is 0 Å². The first-order chi connectivity index (χ1) is 43.8. The van der Waals surface area contributed by atoms with Gasteiger partial charge in [0.05, 0.1) is 38.6 Å². The molecule has 1 amide bonds. The maximum atomic E-state index is 13.4. The summed E-state index contributed by atoms with van der Waals surface area (Å²) in [6.07, 6.45) is 34.5. The minimum Gasteiger partial charge on any atom is -0.394 e. The molecule has 530 valence electrons. The van der Waals surface area contributed by atoms with Crippen LogP contribution in [0, 0.1) is 0 Å². The Bertz CT molecular complexity index is 1730. The predicted molar refractivity (Wildman–Crippen MR) is 351 cm³/mol. The Kier molecular flexibility index (Phi) is 49.0. The number of allylic oxidation sites excluding steroid dienone is 4. The van der Waals surface area contributed by atoms with Gasteiger partial charge in [-0.1, -0.05) is 263 Å². The van der Waals surface area contributed by atoms with Gasteiger partial charge in [-0.15, -0.1) is 0 Å². The van der Waals surface area contributed by atoms with Crippen molar-refractivity contribution in [3.8, 4) is 0 Å². The number of carbonyl (C=O) groups is 1. The van der Waals surface area contributed by atoms with Crippen molar-refractivity contribution in [3.05, 3.63) is 24.3 Å². The topological polar surface area (TPSA) is 307 Å². The van der Waals surface area contributed by atoms with Crippen LogP contribution in [0.3, 0.4) is 0 Å². The van der Waals surface area contributed by atoms with Crippen LogP contribution < -0.4 is 5.32 Å². The van der Waals surface area contributed by atoms with Gasteiger partial charge in [-0.25, -0.2) is 0 Å². The number of hydrogen-bond acceptors (Lipinski definition) is 18. The fraction of sp³-hybridized carbons (Fsp3) is 0.930. The smallest absolute Gasteiger partial charge is 0.220 e. The molecule has 3 aliphatic rings. The third kappa shape index (κ3) is 34.8. The van der Waals surface area contributed by atoms with Crippen molar-refractivity contribution in [3.63, 3.8) is 0 Å². The van der Waals surface area contributed by atoms with Crippen LogP contribution in [0.1, 0.15) is 290 Å². The number of ether oxygens (including phenoxy) is 6. The van der Waals surface area contributed by atoms with Crippen LogP contribution in [0.2, 0.25) is 0 Å². The molecule has 19 heteroatoms. The zero-order chi connectivity index (χ0) is 65.4. The van der Waals surface area contributed by atoms with E-state index in [9.17, 15) is 61.0 Å². The monoisotopic (exact) mass is 1290 g/mol. The first kappa shape index (κ1) is 82.5. The molecule has 17 atom stereocenters. The summed E-state index contributed by atoms with van der Waals surface area (Å²) in [7, 11) is 0. The van der Waals surface area contributed by atoms with Crippen molar-refractivity contribution in [2.24, 2.45) is 0 Å². The number of carbonyl (C=O) groups excluding carboxylic acids is 1. The fourth-order valence-electron chi connectivity index (χ4n) is 12.6. The van der Waals surface area contributed by atoms with Crippen molar-refractivity contribution >= 4 is 5.91 Å². The number of amides is 1. The molecule has 12 N–H and O–H groups in total. The summed E-state index contributed by atoms with van der Waals surface area (Å²) in [5.41, 5.74) is 0. The molecular formula is C71H133NO18. The van der Waals surface area contributed by atoms with Crippen LogP contribution in [0.4, 0.5) is 0 Å². The minimum absolute atomic E-state index is 0.240. The summed E-state index contributed by atoms with van der Waals surface area (Å²) >= 11 is 0. The quantitative estimate of drug-likeness (QED) is 0.0199. The highest BCUT2D eigenvalue weighted by Crippen LogP contribution is 2.33. The molecule has 0 aliphatic carbocycles. The maximum Gasteiger partial charge on any atom is 0.220 e. The fourth-order valence-corrected chi connectivity index (χ4v) is 12.6. The second-order valence-electron chi connectivity index (χ2n) is 26.4. The average Bonchev–Trinajstić information content (AvgIpc) is 1.08. The highest BCUT2D eigenvalue weighted by Gasteiger charge is 2.53. The second-order valence-corrected chi connectivity index (χ2v) is 26.4. The van der Waals surface area contributed by atoms with Gasteiger partial charge in [0.2, 0.25) is 5.91 Å². The van der Waals surface area contributed by atoms with Crippen molar-refractivity contribution in [2.75, 3.05) is 26.4 Å². The molecular weight excluding hydrogens is 1150 g/mol. The molecule has 3 aliphatic heterocycles. The summed E-state index contributed by atoms with van der Waals surface area (Å²) in [5.74, 6) is -0.240. The first-order valence-corrected chi connectivity index (χ1v) is 36.6. The van der Waals surface area contributed by atoms with E-state index in [1.807, 2.05) is 0 Å². The lowest BCUT2D eigenvalue weighted by atomic mass is 9.96. The molecule has 0 aromatic heterocycles. The van der Waals surface area contributed by atoms with Gasteiger partial charge < -0.3 is 89.9 Å². The number of nitrogens with one attached hydrogen (secondary N) is 1. The molecule has 3 rings (SSSR count). The van der Waals surface area contributed by atoms with Gasteiger partial charge in [0, 0.05) is 6.42 Å². The SMILES string of the molecule is CCCCCCC/C=C\C/C=C\CCCCCCCCCCCCCCCCCCCCCCCCCC(=O)NC(COC1OC(CO)C(OC2OC(CO)C(OC3OC(CO)C(O)C(O)C3O)C(O)C2O)C(O)C1O)C(O)CCCCCCCCCCCC. The lowest BCUT2D eigenvalue weighted by molar-refractivity contribution is -0.379. The van der Waals surface area contributed by atoms with Gasteiger partial charge in [0.15, 0.2) is 18.9 Å². The highest BCUT2D eigenvalue weighted by molar-refractivity contribution is 5.76. The standard InChI is InChI=1S/C71H133NO18/c1-3-5-7-9-11-13-15-16-17-18-19-20-21-22-23-24-25-26-27-28-29-30-31-32-33-34-35-36-37-38-39-41-43-45-47-49-59(77)72-54(55(76)48-46-44-42-40-14-12-10-8-6-4-2)53-85-69-65(83)62(80)67(57(51-74)87-69)90-71-66(84)63(81)68(58(52-75)88-71)89-70-64(82)61(79)60(78)56(50-73)86-70/h15-16,18-19,54-58,60-71,73-76,78-84H,3-14,17,20-53H2,1-2H3,(H,72,77)/b16-15-,19-18-. The molecule has 0 bridgehead atoms. The zero-order valence-electron chi connectivity index (χ0n) is 56.1. The van der Waals surface area contributed by atoms with Crippen LogP contribution in [0.15, 0.2) is 24.3 Å². The van der Waals surface area contributed by atoms with E-state index in [0.717, 1.165) is 51.4 Å². The second kappa shape index (κ2) is 53.4. The van der Waals surface area contributed by atoms with Crippen molar-refractivity contribution in [2.45, 2.75) is 394 Å². The van der Waals surface area contributed by atoms with Gasteiger partial charge in [-0.3, -0.25) is 4.79 Å². The Morgan fingerprint density at radius 1 is 0.400 bits per heavy atom. The van der Waals surface area contributed by atoms with Gasteiger partial charge in [-0.2, -0.15) is 0 Å². The summed E-state index contributed by atoms with van der Waals surface area (Å²) in [6, 6.07) is -0.882. The van der Waals surface area contributed by atoms with E-state index in [2.05, 4.69) is 43.5 Å². The summed E-state index contributed by atoms with van der Waals surface area (Å²) < 4.78 is 34.4. The molecule has 90 heavy (non-hydrogen) atoms. The molecule has 0 saturated carbocycles. The Morgan fingerprint density at radius 2 is 0.733 bits per heavy atom. The van der Waals surface area contributed by atoms with Gasteiger partial charge in [0.1, 0.15) is 73.2 Å². The molecule has 3 saturated heterocycles. The number of aliphatic hydroxyl groups excluding tert-OH is 11. The van der Waals surface area contributed by atoms with Crippen LogP contribution in [-0.4, -0.2) is 193 Å². The van der Waals surface area contributed by atoms with E-state index in [1.165, 1.54) is 205 Å².